The Kier molecular flexibility index (Phi) is 4.26. The first kappa shape index (κ1) is 16.5. The summed E-state index contributed by atoms with van der Waals surface area (Å²) in [4.78, 5) is 18.1. The van der Waals surface area contributed by atoms with Crippen LogP contribution in [-0.2, 0) is 6.54 Å². The summed E-state index contributed by atoms with van der Waals surface area (Å²) in [6.07, 6.45) is 1.48. The molecule has 0 saturated heterocycles. The molecule has 6 heteroatoms. The molecule has 26 heavy (non-hydrogen) atoms. The molecule has 0 aliphatic rings. The molecule has 2 aromatic carbocycles. The highest BCUT2D eigenvalue weighted by atomic mass is 32.1. The second kappa shape index (κ2) is 6.72. The first-order chi connectivity index (χ1) is 12.7. The van der Waals surface area contributed by atoms with Crippen molar-refractivity contribution in [3.63, 3.8) is 0 Å². The topological polar surface area (TPSA) is 44.1 Å². The summed E-state index contributed by atoms with van der Waals surface area (Å²) < 4.78 is 20.6. The minimum atomic E-state index is -0.333. The second-order valence-corrected chi connectivity index (χ2v) is 6.69. The van der Waals surface area contributed by atoms with E-state index in [0.29, 0.717) is 15.8 Å². The lowest BCUT2D eigenvalue weighted by atomic mass is 10.1. The van der Waals surface area contributed by atoms with Gasteiger partial charge in [0.05, 0.1) is 25.4 Å². The maximum atomic E-state index is 13.9. The van der Waals surface area contributed by atoms with Crippen LogP contribution in [0.4, 0.5) is 4.39 Å². The van der Waals surface area contributed by atoms with Crippen LogP contribution in [0.25, 0.3) is 21.3 Å². The smallest absolute Gasteiger partial charge is 0.263 e. The summed E-state index contributed by atoms with van der Waals surface area (Å²) in [7, 11) is 1.61. The third kappa shape index (κ3) is 2.88. The Morgan fingerprint density at radius 1 is 1.15 bits per heavy atom. The molecule has 0 saturated carbocycles. The molecule has 2 aromatic heterocycles. The Morgan fingerprint density at radius 3 is 2.65 bits per heavy atom. The fraction of sp³-hybridized carbons (Fsp3) is 0.100. The molecule has 0 aliphatic heterocycles. The van der Waals surface area contributed by atoms with E-state index in [1.807, 2.05) is 29.6 Å². The van der Waals surface area contributed by atoms with Crippen molar-refractivity contribution in [2.75, 3.05) is 7.11 Å². The molecule has 0 fully saturated rings. The lowest BCUT2D eigenvalue weighted by molar-refractivity contribution is 0.415. The number of thiophene rings is 1. The van der Waals surface area contributed by atoms with E-state index in [0.717, 1.165) is 16.9 Å². The standard InChI is InChI=1S/C20H15FN2O2S/c1-25-15-8-6-13(7-9-15)16-11-26-19-18(16)20(24)23(12-22-19)10-14-4-2-3-5-17(14)21/h2-9,11-12H,10H2,1H3. The molecule has 4 rings (SSSR count). The maximum Gasteiger partial charge on any atom is 0.263 e. The Labute approximate surface area is 153 Å². The zero-order chi connectivity index (χ0) is 18.1. The molecule has 0 atom stereocenters. The van der Waals surface area contributed by atoms with Crippen LogP contribution < -0.4 is 10.3 Å². The first-order valence-corrected chi connectivity index (χ1v) is 8.90. The molecule has 0 unspecified atom stereocenters. The first-order valence-electron chi connectivity index (χ1n) is 8.02. The van der Waals surface area contributed by atoms with E-state index in [1.54, 1.807) is 25.3 Å². The zero-order valence-corrected chi connectivity index (χ0v) is 14.8. The number of halogens is 1. The van der Waals surface area contributed by atoms with E-state index in [4.69, 9.17) is 4.74 Å². The quantitative estimate of drug-likeness (QED) is 0.540. The van der Waals surface area contributed by atoms with Crippen LogP contribution in [0.2, 0.25) is 0 Å². The van der Waals surface area contributed by atoms with Gasteiger partial charge in [0.15, 0.2) is 0 Å². The largest absolute Gasteiger partial charge is 0.497 e. The van der Waals surface area contributed by atoms with Gasteiger partial charge in [-0.05, 0) is 23.8 Å². The minimum Gasteiger partial charge on any atom is -0.497 e. The van der Waals surface area contributed by atoms with Crippen molar-refractivity contribution in [3.8, 4) is 16.9 Å². The van der Waals surface area contributed by atoms with Crippen molar-refractivity contribution < 1.29 is 9.13 Å². The van der Waals surface area contributed by atoms with Crippen LogP contribution in [0.1, 0.15) is 5.56 Å². The van der Waals surface area contributed by atoms with Crippen LogP contribution >= 0.6 is 11.3 Å². The summed E-state index contributed by atoms with van der Waals surface area (Å²) >= 11 is 1.42. The van der Waals surface area contributed by atoms with Gasteiger partial charge in [0.2, 0.25) is 0 Å². The minimum absolute atomic E-state index is 0.145. The Morgan fingerprint density at radius 2 is 1.92 bits per heavy atom. The predicted molar refractivity (Wildman–Crippen MR) is 101 cm³/mol. The molecule has 2 heterocycles. The number of hydrogen-bond acceptors (Lipinski definition) is 4. The molecule has 0 bridgehead atoms. The third-order valence-electron chi connectivity index (χ3n) is 4.26. The number of fused-ring (bicyclic) bond motifs is 1. The highest BCUT2D eigenvalue weighted by Crippen LogP contribution is 2.31. The van der Waals surface area contributed by atoms with E-state index in [9.17, 15) is 9.18 Å². The van der Waals surface area contributed by atoms with Crippen molar-refractivity contribution in [1.29, 1.82) is 0 Å². The van der Waals surface area contributed by atoms with Gasteiger partial charge in [0, 0.05) is 16.5 Å². The van der Waals surface area contributed by atoms with Gasteiger partial charge >= 0.3 is 0 Å². The average molecular weight is 366 g/mol. The summed E-state index contributed by atoms with van der Waals surface area (Å²) in [5.74, 6) is 0.420. The van der Waals surface area contributed by atoms with Gasteiger partial charge in [-0.15, -0.1) is 11.3 Å². The maximum absolute atomic E-state index is 13.9. The third-order valence-corrected chi connectivity index (χ3v) is 5.15. The van der Waals surface area contributed by atoms with Crippen molar-refractivity contribution in [2.45, 2.75) is 6.54 Å². The average Bonchev–Trinajstić information content (AvgIpc) is 3.10. The van der Waals surface area contributed by atoms with E-state index in [-0.39, 0.29) is 17.9 Å². The molecule has 4 nitrogen and oxygen atoms in total. The summed E-state index contributed by atoms with van der Waals surface area (Å²) in [5, 5.41) is 2.48. The van der Waals surface area contributed by atoms with Gasteiger partial charge < -0.3 is 4.74 Å². The highest BCUT2D eigenvalue weighted by Gasteiger charge is 2.14. The number of ether oxygens (including phenoxy) is 1. The van der Waals surface area contributed by atoms with E-state index < -0.39 is 0 Å². The number of benzene rings is 2. The van der Waals surface area contributed by atoms with Gasteiger partial charge in [-0.1, -0.05) is 30.3 Å². The van der Waals surface area contributed by atoms with Crippen molar-refractivity contribution in [3.05, 3.63) is 82.0 Å². The summed E-state index contributed by atoms with van der Waals surface area (Å²) in [6.45, 7) is 0.145. The molecule has 0 aliphatic carbocycles. The Balaban J connectivity index is 1.81. The number of methoxy groups -OCH3 is 1. The van der Waals surface area contributed by atoms with Crippen LogP contribution in [0.3, 0.4) is 0 Å². The van der Waals surface area contributed by atoms with E-state index in [2.05, 4.69) is 4.98 Å². The highest BCUT2D eigenvalue weighted by molar-refractivity contribution is 7.17. The van der Waals surface area contributed by atoms with E-state index in [1.165, 1.54) is 28.3 Å². The normalized spacial score (nSPS) is 11.0. The molecule has 0 radical (unpaired) electrons. The van der Waals surface area contributed by atoms with Gasteiger partial charge in [0.1, 0.15) is 16.4 Å². The summed E-state index contributed by atoms with van der Waals surface area (Å²) in [6, 6.07) is 14.0. The number of nitrogens with zero attached hydrogens (tertiary/aromatic N) is 2. The monoisotopic (exact) mass is 366 g/mol. The number of hydrogen-bond donors (Lipinski definition) is 0. The van der Waals surface area contributed by atoms with Gasteiger partial charge in [-0.25, -0.2) is 9.37 Å². The van der Waals surface area contributed by atoms with Crippen molar-refractivity contribution in [1.82, 2.24) is 9.55 Å². The lowest BCUT2D eigenvalue weighted by Crippen LogP contribution is -2.21. The molecular weight excluding hydrogens is 351 g/mol. The van der Waals surface area contributed by atoms with Gasteiger partial charge in [-0.3, -0.25) is 9.36 Å². The molecule has 0 amide bonds. The van der Waals surface area contributed by atoms with Crippen molar-refractivity contribution in [2.24, 2.45) is 0 Å². The second-order valence-electron chi connectivity index (χ2n) is 5.83. The Bertz CT molecular complexity index is 1130. The van der Waals surface area contributed by atoms with Crippen molar-refractivity contribution >= 4 is 21.6 Å². The molecule has 0 spiro atoms. The predicted octanol–water partition coefficient (Wildman–Crippen LogP) is 4.32. The van der Waals surface area contributed by atoms with Crippen LogP contribution in [0.5, 0.6) is 5.75 Å². The number of aromatic nitrogens is 2. The fourth-order valence-corrected chi connectivity index (χ4v) is 3.78. The fourth-order valence-electron chi connectivity index (χ4n) is 2.87. The molecule has 130 valence electrons. The van der Waals surface area contributed by atoms with Crippen LogP contribution in [-0.4, -0.2) is 16.7 Å². The zero-order valence-electron chi connectivity index (χ0n) is 14.0. The summed E-state index contributed by atoms with van der Waals surface area (Å²) in [5.41, 5.74) is 2.02. The number of rotatable bonds is 4. The van der Waals surface area contributed by atoms with E-state index >= 15 is 0 Å². The van der Waals surface area contributed by atoms with Crippen LogP contribution in [0.15, 0.2) is 65.0 Å². The Hall–Kier alpha value is -2.99. The lowest BCUT2D eigenvalue weighted by Gasteiger charge is -2.07. The van der Waals surface area contributed by atoms with Gasteiger partial charge in [-0.2, -0.15) is 0 Å². The SMILES string of the molecule is COc1ccc(-c2csc3ncn(Cc4ccccc4F)c(=O)c23)cc1. The molecular formula is C20H15FN2O2S. The molecule has 4 aromatic rings. The molecule has 0 N–H and O–H groups in total. The van der Waals surface area contributed by atoms with Gasteiger partial charge in [0.25, 0.3) is 5.56 Å². The van der Waals surface area contributed by atoms with Crippen LogP contribution in [0, 0.1) is 5.82 Å².